The van der Waals surface area contributed by atoms with Crippen molar-refractivity contribution in [2.45, 2.75) is 44.4 Å². The summed E-state index contributed by atoms with van der Waals surface area (Å²) in [5, 5.41) is 11.3. The maximum absolute atomic E-state index is 12.8. The predicted molar refractivity (Wildman–Crippen MR) is 83.6 cm³/mol. The third-order valence-electron chi connectivity index (χ3n) is 4.92. The zero-order chi connectivity index (χ0) is 15.3. The van der Waals surface area contributed by atoms with Crippen LogP contribution in [0.4, 0.5) is 10.5 Å². The molecule has 22 heavy (non-hydrogen) atoms. The fourth-order valence-corrected chi connectivity index (χ4v) is 3.72. The Balaban J connectivity index is 1.92. The molecule has 6 nitrogen and oxygen atoms in total. The van der Waals surface area contributed by atoms with E-state index >= 15 is 0 Å². The molecule has 6 heteroatoms. The van der Waals surface area contributed by atoms with Crippen LogP contribution in [0.3, 0.4) is 0 Å². The number of urea groups is 1. The second-order valence-electron chi connectivity index (χ2n) is 6.23. The molecule has 2 N–H and O–H groups in total. The van der Waals surface area contributed by atoms with Crippen LogP contribution in [-0.2, 0) is 0 Å². The van der Waals surface area contributed by atoms with Gasteiger partial charge in [-0.25, -0.2) is 9.78 Å². The average molecular weight is 300 g/mol. The maximum atomic E-state index is 12.8. The number of nitrogens with zero attached hydrogens (tertiary/aromatic N) is 3. The standard InChI is InChI=1S/C16H20N4O2/c1-19-15(21)12-9-18-14-11(7-8-17-14)13(12)20(16(19)22)10-5-3-2-4-6-10/h7-10,15,21H,2-6H2,1H3,(H,17,18). The molecule has 2 amide bonds. The zero-order valence-electron chi connectivity index (χ0n) is 12.6. The first-order valence-electron chi connectivity index (χ1n) is 7.88. The smallest absolute Gasteiger partial charge is 0.326 e. The summed E-state index contributed by atoms with van der Waals surface area (Å²) in [7, 11) is 1.65. The van der Waals surface area contributed by atoms with E-state index in [1.807, 2.05) is 17.2 Å². The van der Waals surface area contributed by atoms with E-state index in [1.165, 1.54) is 11.3 Å². The Kier molecular flexibility index (Phi) is 3.07. The summed E-state index contributed by atoms with van der Waals surface area (Å²) in [5.74, 6) is 0. The maximum Gasteiger partial charge on any atom is 0.326 e. The number of hydrogen-bond acceptors (Lipinski definition) is 3. The number of aliphatic hydroxyl groups is 1. The van der Waals surface area contributed by atoms with E-state index in [2.05, 4.69) is 9.97 Å². The molecule has 1 aliphatic heterocycles. The fraction of sp³-hybridized carbons (Fsp3) is 0.500. The molecule has 1 fully saturated rings. The van der Waals surface area contributed by atoms with E-state index in [-0.39, 0.29) is 12.1 Å². The van der Waals surface area contributed by atoms with Crippen molar-refractivity contribution < 1.29 is 9.90 Å². The summed E-state index contributed by atoms with van der Waals surface area (Å²) in [5.41, 5.74) is 2.29. The Morgan fingerprint density at radius 3 is 2.86 bits per heavy atom. The summed E-state index contributed by atoms with van der Waals surface area (Å²) in [4.78, 5) is 23.6. The van der Waals surface area contributed by atoms with Crippen LogP contribution >= 0.6 is 0 Å². The fourth-order valence-electron chi connectivity index (χ4n) is 3.72. The molecule has 4 rings (SSSR count). The molecule has 1 atom stereocenters. The molecule has 0 aromatic carbocycles. The molecule has 3 heterocycles. The Bertz CT molecular complexity index is 720. The lowest BCUT2D eigenvalue weighted by atomic mass is 9.92. The first kappa shape index (κ1) is 13.6. The number of H-pyrrole nitrogens is 1. The van der Waals surface area contributed by atoms with Gasteiger partial charge in [0.25, 0.3) is 0 Å². The molecule has 1 aliphatic carbocycles. The minimum absolute atomic E-state index is 0.124. The highest BCUT2D eigenvalue weighted by atomic mass is 16.3. The lowest BCUT2D eigenvalue weighted by molar-refractivity contribution is 0.0421. The van der Waals surface area contributed by atoms with Crippen LogP contribution in [0.25, 0.3) is 11.0 Å². The van der Waals surface area contributed by atoms with Crippen molar-refractivity contribution >= 4 is 22.8 Å². The number of anilines is 1. The van der Waals surface area contributed by atoms with Crippen LogP contribution in [0, 0.1) is 0 Å². The number of amides is 2. The monoisotopic (exact) mass is 300 g/mol. The van der Waals surface area contributed by atoms with E-state index in [1.54, 1.807) is 13.2 Å². The third-order valence-corrected chi connectivity index (χ3v) is 4.92. The molecular formula is C16H20N4O2. The molecule has 1 saturated carbocycles. The predicted octanol–water partition coefficient (Wildman–Crippen LogP) is 2.76. The van der Waals surface area contributed by atoms with Gasteiger partial charge in [-0.05, 0) is 18.9 Å². The lowest BCUT2D eigenvalue weighted by Gasteiger charge is -2.43. The molecule has 0 radical (unpaired) electrons. The van der Waals surface area contributed by atoms with Gasteiger partial charge in [-0.2, -0.15) is 0 Å². The number of aromatic nitrogens is 2. The number of carbonyl (C=O) groups excluding carboxylic acids is 1. The quantitative estimate of drug-likeness (QED) is 0.850. The molecule has 0 saturated heterocycles. The van der Waals surface area contributed by atoms with Crippen LogP contribution in [-0.4, -0.2) is 39.1 Å². The van der Waals surface area contributed by atoms with Crippen molar-refractivity contribution in [2.75, 3.05) is 11.9 Å². The zero-order valence-corrected chi connectivity index (χ0v) is 12.6. The van der Waals surface area contributed by atoms with E-state index in [0.717, 1.165) is 42.4 Å². The first-order chi connectivity index (χ1) is 10.7. The number of hydrogen-bond donors (Lipinski definition) is 2. The van der Waals surface area contributed by atoms with Gasteiger partial charge >= 0.3 is 6.03 Å². The number of rotatable bonds is 1. The number of nitrogens with one attached hydrogen (secondary N) is 1. The molecule has 116 valence electrons. The number of fused-ring (bicyclic) bond motifs is 3. The van der Waals surface area contributed by atoms with E-state index in [9.17, 15) is 9.90 Å². The molecule has 1 unspecified atom stereocenters. The van der Waals surface area contributed by atoms with Gasteiger partial charge in [-0.1, -0.05) is 19.3 Å². The molecule has 0 spiro atoms. The molecule has 2 aromatic rings. The van der Waals surface area contributed by atoms with Gasteiger partial charge in [0, 0.05) is 36.4 Å². The Morgan fingerprint density at radius 1 is 1.32 bits per heavy atom. The Hall–Kier alpha value is -2.08. The second kappa shape index (κ2) is 4.98. The van der Waals surface area contributed by atoms with Gasteiger partial charge in [-0.15, -0.1) is 0 Å². The Labute approximate surface area is 128 Å². The molecular weight excluding hydrogens is 280 g/mol. The number of pyridine rings is 1. The van der Waals surface area contributed by atoms with Crippen molar-refractivity contribution in [1.82, 2.24) is 14.9 Å². The summed E-state index contributed by atoms with van der Waals surface area (Å²) in [6.07, 6.45) is 8.14. The minimum atomic E-state index is -0.936. The Morgan fingerprint density at radius 2 is 2.09 bits per heavy atom. The number of aliphatic hydroxyl groups excluding tert-OH is 1. The van der Waals surface area contributed by atoms with Gasteiger partial charge in [0.15, 0.2) is 6.23 Å². The van der Waals surface area contributed by atoms with Crippen molar-refractivity contribution in [3.63, 3.8) is 0 Å². The summed E-state index contributed by atoms with van der Waals surface area (Å²) in [6, 6.07) is 2.01. The van der Waals surface area contributed by atoms with Crippen LogP contribution in [0.1, 0.15) is 43.9 Å². The highest BCUT2D eigenvalue weighted by molar-refractivity contribution is 6.05. The summed E-state index contributed by atoms with van der Waals surface area (Å²) in [6.45, 7) is 0. The van der Waals surface area contributed by atoms with Gasteiger partial charge in [0.1, 0.15) is 5.65 Å². The van der Waals surface area contributed by atoms with E-state index in [0.29, 0.717) is 5.56 Å². The molecule has 0 bridgehead atoms. The van der Waals surface area contributed by atoms with Gasteiger partial charge in [0.2, 0.25) is 0 Å². The highest BCUT2D eigenvalue weighted by Crippen LogP contribution is 2.41. The van der Waals surface area contributed by atoms with E-state index < -0.39 is 6.23 Å². The highest BCUT2D eigenvalue weighted by Gasteiger charge is 2.39. The van der Waals surface area contributed by atoms with Crippen LogP contribution in [0.15, 0.2) is 18.5 Å². The van der Waals surface area contributed by atoms with Crippen LogP contribution < -0.4 is 4.90 Å². The number of carbonyl (C=O) groups is 1. The van der Waals surface area contributed by atoms with E-state index in [4.69, 9.17) is 0 Å². The normalized spacial score (nSPS) is 23.2. The van der Waals surface area contributed by atoms with Crippen molar-refractivity contribution in [3.05, 3.63) is 24.0 Å². The SMILES string of the molecule is CN1C(=O)N(C2CCCCC2)c2c(cnc3[nH]ccc23)C1O. The summed E-state index contributed by atoms with van der Waals surface area (Å²) >= 11 is 0. The topological polar surface area (TPSA) is 72.5 Å². The minimum Gasteiger partial charge on any atom is -0.369 e. The van der Waals surface area contributed by atoms with Crippen molar-refractivity contribution in [3.8, 4) is 0 Å². The third kappa shape index (κ3) is 1.83. The lowest BCUT2D eigenvalue weighted by Crippen LogP contribution is -2.52. The molecule has 2 aromatic heterocycles. The average Bonchev–Trinajstić information content (AvgIpc) is 3.02. The first-order valence-corrected chi connectivity index (χ1v) is 7.88. The molecule has 2 aliphatic rings. The van der Waals surface area contributed by atoms with Crippen LogP contribution in [0.5, 0.6) is 0 Å². The van der Waals surface area contributed by atoms with Crippen molar-refractivity contribution in [2.24, 2.45) is 0 Å². The largest absolute Gasteiger partial charge is 0.369 e. The number of aromatic amines is 1. The van der Waals surface area contributed by atoms with Gasteiger partial charge < -0.3 is 10.1 Å². The summed E-state index contributed by atoms with van der Waals surface area (Å²) < 4.78 is 0. The van der Waals surface area contributed by atoms with Crippen molar-refractivity contribution in [1.29, 1.82) is 0 Å². The van der Waals surface area contributed by atoms with Gasteiger partial charge in [-0.3, -0.25) is 9.80 Å². The van der Waals surface area contributed by atoms with Crippen LogP contribution in [0.2, 0.25) is 0 Å². The van der Waals surface area contributed by atoms with Gasteiger partial charge in [0.05, 0.1) is 5.69 Å². The second-order valence-corrected chi connectivity index (χ2v) is 6.23.